The van der Waals surface area contributed by atoms with Crippen molar-refractivity contribution in [2.24, 2.45) is 5.92 Å². The number of hydrogen-bond donors (Lipinski definition) is 1. The number of carbonyl (C=O) groups is 2. The molecule has 1 N–H and O–H groups in total. The van der Waals surface area contributed by atoms with Crippen LogP contribution in [0.3, 0.4) is 0 Å². The minimum atomic E-state index is -0.916. The normalized spacial score (nSPS) is 18.0. The van der Waals surface area contributed by atoms with Crippen LogP contribution >= 0.6 is 0 Å². The monoisotopic (exact) mass is 295 g/mol. The molecule has 0 aliphatic carbocycles. The van der Waals surface area contributed by atoms with Gasteiger partial charge in [0.05, 0.1) is 17.0 Å². The van der Waals surface area contributed by atoms with E-state index in [4.69, 9.17) is 5.11 Å². The molecule has 0 radical (unpaired) electrons. The first kappa shape index (κ1) is 15.0. The number of carboxylic acid groups (broad SMARTS) is 1. The first-order valence-electron chi connectivity index (χ1n) is 6.80. The van der Waals surface area contributed by atoms with Crippen molar-refractivity contribution in [1.29, 1.82) is 0 Å². The van der Waals surface area contributed by atoms with E-state index in [0.717, 1.165) is 6.42 Å². The van der Waals surface area contributed by atoms with E-state index in [1.54, 1.807) is 4.57 Å². The summed E-state index contributed by atoms with van der Waals surface area (Å²) in [5.74, 6) is -1.82. The van der Waals surface area contributed by atoms with Gasteiger partial charge in [-0.15, -0.1) is 0 Å². The van der Waals surface area contributed by atoms with Crippen molar-refractivity contribution in [3.05, 3.63) is 28.1 Å². The van der Waals surface area contributed by atoms with E-state index in [9.17, 15) is 19.7 Å². The Morgan fingerprint density at radius 2 is 2.24 bits per heavy atom. The second kappa shape index (κ2) is 5.94. The van der Waals surface area contributed by atoms with Crippen LogP contribution in [0.1, 0.15) is 30.3 Å². The van der Waals surface area contributed by atoms with E-state index in [-0.39, 0.29) is 23.8 Å². The van der Waals surface area contributed by atoms with E-state index in [1.807, 2.05) is 6.92 Å². The molecule has 1 aromatic rings. The third-order valence-electron chi connectivity index (χ3n) is 3.60. The maximum absolute atomic E-state index is 12.4. The van der Waals surface area contributed by atoms with E-state index >= 15 is 0 Å². The average molecular weight is 295 g/mol. The Morgan fingerprint density at radius 1 is 1.52 bits per heavy atom. The fourth-order valence-electron chi connectivity index (χ4n) is 2.51. The fraction of sp³-hybridized carbons (Fsp3) is 0.538. The van der Waals surface area contributed by atoms with E-state index in [0.29, 0.717) is 19.5 Å². The highest BCUT2D eigenvalue weighted by Gasteiger charge is 2.33. The molecule has 8 nitrogen and oxygen atoms in total. The van der Waals surface area contributed by atoms with Gasteiger partial charge in [-0.05, 0) is 12.8 Å². The fourth-order valence-corrected chi connectivity index (χ4v) is 2.51. The Labute approximate surface area is 121 Å². The summed E-state index contributed by atoms with van der Waals surface area (Å²) in [6, 6.07) is 1.26. The molecule has 0 spiro atoms. The Bertz CT molecular complexity index is 580. The molecule has 1 amide bonds. The number of aryl methyl sites for hydroxylation is 1. The van der Waals surface area contributed by atoms with Crippen molar-refractivity contribution >= 4 is 17.6 Å². The van der Waals surface area contributed by atoms with Gasteiger partial charge in [-0.3, -0.25) is 19.7 Å². The van der Waals surface area contributed by atoms with Gasteiger partial charge in [0.2, 0.25) is 0 Å². The van der Waals surface area contributed by atoms with Gasteiger partial charge < -0.3 is 14.6 Å². The first-order chi connectivity index (χ1) is 9.93. The van der Waals surface area contributed by atoms with E-state index in [2.05, 4.69) is 0 Å². The predicted molar refractivity (Wildman–Crippen MR) is 73.0 cm³/mol. The predicted octanol–water partition coefficient (Wildman–Crippen LogP) is 1.35. The molecule has 1 fully saturated rings. The van der Waals surface area contributed by atoms with Gasteiger partial charge in [-0.1, -0.05) is 6.92 Å². The largest absolute Gasteiger partial charge is 0.481 e. The molecule has 2 rings (SSSR count). The SMILES string of the molecule is CCCn1cc([N+](=O)[O-])cc1C(=O)N1CCC(C(=O)O)C1. The summed E-state index contributed by atoms with van der Waals surface area (Å²) in [5.41, 5.74) is 0.121. The number of aromatic nitrogens is 1. The second-order valence-corrected chi connectivity index (χ2v) is 5.11. The molecule has 2 heterocycles. The van der Waals surface area contributed by atoms with Gasteiger partial charge in [0, 0.05) is 25.7 Å². The molecule has 0 aromatic carbocycles. The van der Waals surface area contributed by atoms with Crippen LogP contribution in [0.5, 0.6) is 0 Å². The third kappa shape index (κ3) is 3.04. The molecule has 0 saturated carbocycles. The molecule has 1 saturated heterocycles. The number of carbonyl (C=O) groups excluding carboxylic acids is 1. The second-order valence-electron chi connectivity index (χ2n) is 5.11. The lowest BCUT2D eigenvalue weighted by Gasteiger charge is -2.16. The van der Waals surface area contributed by atoms with Crippen LogP contribution in [0.25, 0.3) is 0 Å². The van der Waals surface area contributed by atoms with Crippen molar-refractivity contribution in [3.8, 4) is 0 Å². The van der Waals surface area contributed by atoms with Gasteiger partial charge in [0.25, 0.3) is 11.6 Å². The van der Waals surface area contributed by atoms with Gasteiger partial charge >= 0.3 is 5.97 Å². The van der Waals surface area contributed by atoms with Gasteiger partial charge in [0.1, 0.15) is 5.69 Å². The van der Waals surface area contributed by atoms with Crippen LogP contribution in [0.4, 0.5) is 5.69 Å². The number of nitrogens with zero attached hydrogens (tertiary/aromatic N) is 3. The minimum Gasteiger partial charge on any atom is -0.481 e. The summed E-state index contributed by atoms with van der Waals surface area (Å²) in [4.78, 5) is 35.1. The van der Waals surface area contributed by atoms with Crippen molar-refractivity contribution in [2.75, 3.05) is 13.1 Å². The highest BCUT2D eigenvalue weighted by molar-refractivity contribution is 5.94. The summed E-state index contributed by atoms with van der Waals surface area (Å²) in [7, 11) is 0. The molecule has 0 bridgehead atoms. The third-order valence-corrected chi connectivity index (χ3v) is 3.60. The maximum atomic E-state index is 12.4. The van der Waals surface area contributed by atoms with Crippen LogP contribution < -0.4 is 0 Å². The molecule has 1 atom stereocenters. The lowest BCUT2D eigenvalue weighted by atomic mass is 10.1. The lowest BCUT2D eigenvalue weighted by molar-refractivity contribution is -0.384. The number of hydrogen-bond acceptors (Lipinski definition) is 4. The van der Waals surface area contributed by atoms with Crippen molar-refractivity contribution < 1.29 is 19.6 Å². The Balaban J connectivity index is 2.22. The number of rotatable bonds is 5. The van der Waals surface area contributed by atoms with Crippen molar-refractivity contribution in [3.63, 3.8) is 0 Å². The molecule has 8 heteroatoms. The molecular formula is C13H17N3O5. The van der Waals surface area contributed by atoms with Crippen molar-refractivity contribution in [2.45, 2.75) is 26.3 Å². The quantitative estimate of drug-likeness (QED) is 0.652. The number of aliphatic carboxylic acids is 1. The highest BCUT2D eigenvalue weighted by atomic mass is 16.6. The van der Waals surface area contributed by atoms with Gasteiger partial charge in [-0.25, -0.2) is 0 Å². The zero-order chi connectivity index (χ0) is 15.6. The highest BCUT2D eigenvalue weighted by Crippen LogP contribution is 2.22. The van der Waals surface area contributed by atoms with E-state index < -0.39 is 16.8 Å². The topological polar surface area (TPSA) is 106 Å². The molecule has 21 heavy (non-hydrogen) atoms. The van der Waals surface area contributed by atoms with E-state index in [1.165, 1.54) is 17.2 Å². The first-order valence-corrected chi connectivity index (χ1v) is 6.80. The molecule has 114 valence electrons. The zero-order valence-corrected chi connectivity index (χ0v) is 11.7. The average Bonchev–Trinajstić information content (AvgIpc) is 3.05. The molecule has 1 aromatic heterocycles. The Hall–Kier alpha value is -2.38. The summed E-state index contributed by atoms with van der Waals surface area (Å²) in [6.45, 7) is 2.93. The Morgan fingerprint density at radius 3 is 2.76 bits per heavy atom. The lowest BCUT2D eigenvalue weighted by Crippen LogP contribution is -2.31. The summed E-state index contributed by atoms with van der Waals surface area (Å²) in [5, 5.41) is 19.8. The molecular weight excluding hydrogens is 278 g/mol. The standard InChI is InChI=1S/C13H17N3O5/c1-2-4-14-8-10(16(20)21)6-11(14)12(17)15-5-3-9(7-15)13(18)19/h6,8-9H,2-5,7H2,1H3,(H,18,19). The summed E-state index contributed by atoms with van der Waals surface area (Å²) < 4.78 is 1.56. The minimum absolute atomic E-state index is 0.124. The number of nitro groups is 1. The van der Waals surface area contributed by atoms with Crippen LogP contribution in [0, 0.1) is 16.0 Å². The molecule has 1 aliphatic rings. The number of amides is 1. The number of carboxylic acids is 1. The van der Waals surface area contributed by atoms with Crippen LogP contribution in [-0.4, -0.2) is 44.5 Å². The zero-order valence-electron chi connectivity index (χ0n) is 11.7. The number of likely N-dealkylation sites (tertiary alicyclic amines) is 1. The molecule has 1 aliphatic heterocycles. The Kier molecular flexibility index (Phi) is 4.25. The summed E-state index contributed by atoms with van der Waals surface area (Å²) >= 11 is 0. The van der Waals surface area contributed by atoms with Gasteiger partial charge in [-0.2, -0.15) is 0 Å². The van der Waals surface area contributed by atoms with Crippen molar-refractivity contribution in [1.82, 2.24) is 9.47 Å². The van der Waals surface area contributed by atoms with Crippen LogP contribution in [0.2, 0.25) is 0 Å². The smallest absolute Gasteiger partial charge is 0.308 e. The van der Waals surface area contributed by atoms with Crippen LogP contribution in [0.15, 0.2) is 12.3 Å². The maximum Gasteiger partial charge on any atom is 0.308 e. The van der Waals surface area contributed by atoms with Gasteiger partial charge in [0.15, 0.2) is 0 Å². The molecule has 1 unspecified atom stereocenters. The van der Waals surface area contributed by atoms with Crippen LogP contribution in [-0.2, 0) is 11.3 Å². The summed E-state index contributed by atoms with van der Waals surface area (Å²) in [6.07, 6.45) is 2.50.